The number of carbonyl (C=O) groups is 2. The molecule has 0 amide bonds. The first-order chi connectivity index (χ1) is 4.04. The summed E-state index contributed by atoms with van der Waals surface area (Å²) in [7, 11) is 0. The van der Waals surface area contributed by atoms with Crippen molar-refractivity contribution in [1.29, 1.82) is 0 Å². The number of carboxylic acid groups (broad SMARTS) is 2. The molecule has 0 aliphatic carbocycles. The van der Waals surface area contributed by atoms with Crippen molar-refractivity contribution in [2.75, 3.05) is 0 Å². The molecule has 1 atom stereocenters. The summed E-state index contributed by atoms with van der Waals surface area (Å²) in [6, 6.07) is 0. The number of hydrogen-bond acceptors (Lipinski definition) is 3. The molecule has 7 heteroatoms. The van der Waals surface area contributed by atoms with Crippen LogP contribution in [0.5, 0.6) is 0 Å². The Morgan fingerprint density at radius 2 is 1.64 bits per heavy atom. The van der Waals surface area contributed by atoms with Gasteiger partial charge in [-0.15, -0.1) is 0 Å². The van der Waals surface area contributed by atoms with Crippen LogP contribution >= 0.6 is 0 Å². The zero-order valence-corrected chi connectivity index (χ0v) is 8.12. The van der Waals surface area contributed by atoms with E-state index in [2.05, 4.69) is 0 Å². The summed E-state index contributed by atoms with van der Waals surface area (Å²) < 4.78 is 0. The molecule has 0 aromatic carbocycles. The van der Waals surface area contributed by atoms with E-state index in [1.807, 2.05) is 0 Å². The quantitative estimate of drug-likeness (QED) is 0.474. The fourth-order valence-electron chi connectivity index (χ4n) is 0.253. The Hall–Kier alpha value is 0.0558. The maximum absolute atomic E-state index is 9.72. The average molecular weight is 229 g/mol. The van der Waals surface area contributed by atoms with Crippen LogP contribution < -0.4 is 0 Å². The number of hydrogen-bond donors (Lipinski definition) is 3. The van der Waals surface area contributed by atoms with E-state index in [9.17, 15) is 9.59 Å². The number of aliphatic carboxylic acids is 2. The minimum Gasteiger partial charge on any atom is -0.481 e. The fraction of sp³-hybridized carbons (Fsp3) is 0.500. The number of carboxylic acids is 2. The fourth-order valence-corrected chi connectivity index (χ4v) is 0.253. The standard InChI is InChI=1S/C4H6O5.Al.Zn.3H/c5-2(4(8)9)1-3(6)7;;;;;/h2,5H,1H2,(H,6,7)(H,8,9);;;;;. The van der Waals surface area contributed by atoms with Gasteiger partial charge >= 0.3 is 11.9 Å². The summed E-state index contributed by atoms with van der Waals surface area (Å²) in [5, 5.41) is 24.1. The van der Waals surface area contributed by atoms with Gasteiger partial charge in [-0.2, -0.15) is 0 Å². The van der Waals surface area contributed by atoms with E-state index in [4.69, 9.17) is 15.3 Å². The molecule has 0 aromatic heterocycles. The molecule has 5 nitrogen and oxygen atoms in total. The molecule has 0 bridgehead atoms. The first kappa shape index (κ1) is 17.2. The van der Waals surface area contributed by atoms with Gasteiger partial charge in [0.1, 0.15) is 0 Å². The molecule has 0 rings (SSSR count). The Bertz CT molecular complexity index is 138. The van der Waals surface area contributed by atoms with Gasteiger partial charge in [-0.25, -0.2) is 4.79 Å². The first-order valence-corrected chi connectivity index (χ1v) is 2.16. The predicted octanol–water partition coefficient (Wildman–Crippen LogP) is -2.28. The zero-order valence-electron chi connectivity index (χ0n) is 5.15. The van der Waals surface area contributed by atoms with E-state index in [-0.39, 0.29) is 36.8 Å². The van der Waals surface area contributed by atoms with Crippen molar-refractivity contribution < 1.29 is 44.4 Å². The molecule has 3 N–H and O–H groups in total. The SMILES string of the molecule is O=C(O)CC(O)C(=O)O.[AlH3].[Zn]. The van der Waals surface area contributed by atoms with Crippen molar-refractivity contribution in [3.8, 4) is 0 Å². The molecule has 0 saturated heterocycles. The third kappa shape index (κ3) is 10.1. The smallest absolute Gasteiger partial charge is 0.333 e. The van der Waals surface area contributed by atoms with Crippen molar-refractivity contribution in [3.63, 3.8) is 0 Å². The first-order valence-electron chi connectivity index (χ1n) is 2.16. The molecule has 0 radical (unpaired) electrons. The number of rotatable bonds is 3. The van der Waals surface area contributed by atoms with Crippen molar-refractivity contribution >= 4 is 29.3 Å². The predicted molar refractivity (Wildman–Crippen MR) is 35.8 cm³/mol. The van der Waals surface area contributed by atoms with Crippen LogP contribution in [0.2, 0.25) is 0 Å². The third-order valence-electron chi connectivity index (χ3n) is 0.653. The van der Waals surface area contributed by atoms with Crippen LogP contribution in [0.25, 0.3) is 0 Å². The Morgan fingerprint density at radius 1 is 1.27 bits per heavy atom. The van der Waals surface area contributed by atoms with Gasteiger partial charge in [0.15, 0.2) is 23.5 Å². The van der Waals surface area contributed by atoms with Crippen LogP contribution in [0.4, 0.5) is 0 Å². The van der Waals surface area contributed by atoms with Gasteiger partial charge in [0.2, 0.25) is 0 Å². The Morgan fingerprint density at radius 3 is 1.73 bits per heavy atom. The van der Waals surface area contributed by atoms with Crippen LogP contribution in [0.1, 0.15) is 6.42 Å². The van der Waals surface area contributed by atoms with Crippen LogP contribution in [0.3, 0.4) is 0 Å². The summed E-state index contributed by atoms with van der Waals surface area (Å²) in [6.45, 7) is 0. The van der Waals surface area contributed by atoms with Gasteiger partial charge in [0.05, 0.1) is 6.42 Å². The molecule has 0 fully saturated rings. The molecule has 0 aliphatic rings. The van der Waals surface area contributed by atoms with E-state index < -0.39 is 24.5 Å². The van der Waals surface area contributed by atoms with Gasteiger partial charge in [0.25, 0.3) is 0 Å². The summed E-state index contributed by atoms with van der Waals surface area (Å²) in [4.78, 5) is 19.4. The molecule has 0 heterocycles. The van der Waals surface area contributed by atoms with Crippen molar-refractivity contribution in [2.24, 2.45) is 0 Å². The van der Waals surface area contributed by atoms with Gasteiger partial charge in [0, 0.05) is 19.5 Å². The number of aliphatic hydroxyl groups excluding tert-OH is 1. The molecule has 0 aliphatic heterocycles. The molecule has 0 aromatic rings. The van der Waals surface area contributed by atoms with E-state index in [0.29, 0.717) is 0 Å². The summed E-state index contributed by atoms with van der Waals surface area (Å²) in [5.41, 5.74) is 0. The Kier molecular flexibility index (Phi) is 12.8. The minimum atomic E-state index is -1.79. The molecular formula is C4H9AlO5Zn. The van der Waals surface area contributed by atoms with Gasteiger partial charge < -0.3 is 15.3 Å². The van der Waals surface area contributed by atoms with Crippen LogP contribution in [-0.2, 0) is 29.1 Å². The van der Waals surface area contributed by atoms with Crippen molar-refractivity contribution in [1.82, 2.24) is 0 Å². The molecular weight excluding hydrogens is 220 g/mol. The minimum absolute atomic E-state index is 0. The third-order valence-corrected chi connectivity index (χ3v) is 0.653. The van der Waals surface area contributed by atoms with Gasteiger partial charge in [-0.3, -0.25) is 4.79 Å². The molecule has 1 unspecified atom stereocenters. The zero-order chi connectivity index (χ0) is 7.44. The second kappa shape index (κ2) is 8.16. The van der Waals surface area contributed by atoms with E-state index in [0.717, 1.165) is 0 Å². The van der Waals surface area contributed by atoms with Crippen LogP contribution in [0, 0.1) is 0 Å². The second-order valence-corrected chi connectivity index (χ2v) is 1.45. The topological polar surface area (TPSA) is 94.8 Å². The largest absolute Gasteiger partial charge is 0.481 e. The molecule has 11 heavy (non-hydrogen) atoms. The maximum Gasteiger partial charge on any atom is 0.333 e. The summed E-state index contributed by atoms with van der Waals surface area (Å²) >= 11 is 0. The molecule has 0 spiro atoms. The molecule has 60 valence electrons. The second-order valence-electron chi connectivity index (χ2n) is 1.45. The normalized spacial score (nSPS) is 10.3. The van der Waals surface area contributed by atoms with Gasteiger partial charge in [-0.05, 0) is 0 Å². The van der Waals surface area contributed by atoms with E-state index in [1.165, 1.54) is 0 Å². The van der Waals surface area contributed by atoms with E-state index >= 15 is 0 Å². The Labute approximate surface area is 86.3 Å². The van der Waals surface area contributed by atoms with Gasteiger partial charge in [-0.1, -0.05) is 0 Å². The number of aliphatic hydroxyl groups is 1. The Balaban J connectivity index is -0.000000320. The average Bonchev–Trinajstić information content (AvgIpc) is 1.63. The van der Waals surface area contributed by atoms with Crippen LogP contribution in [-0.4, -0.2) is 50.7 Å². The summed E-state index contributed by atoms with van der Waals surface area (Å²) in [5.74, 6) is -2.85. The monoisotopic (exact) mass is 228 g/mol. The van der Waals surface area contributed by atoms with Crippen molar-refractivity contribution in [2.45, 2.75) is 12.5 Å². The maximum atomic E-state index is 9.72. The van der Waals surface area contributed by atoms with Crippen LogP contribution in [0.15, 0.2) is 0 Å². The van der Waals surface area contributed by atoms with Crippen molar-refractivity contribution in [3.05, 3.63) is 0 Å². The summed E-state index contributed by atoms with van der Waals surface area (Å²) in [6.07, 6.45) is -2.54. The molecule has 0 saturated carbocycles. The van der Waals surface area contributed by atoms with E-state index in [1.54, 1.807) is 0 Å².